The Morgan fingerprint density at radius 2 is 1.86 bits per heavy atom. The van der Waals surface area contributed by atoms with Crippen LogP contribution in [0, 0.1) is 0 Å². The van der Waals surface area contributed by atoms with Crippen molar-refractivity contribution >= 4 is 17.5 Å². The van der Waals surface area contributed by atoms with Crippen molar-refractivity contribution in [2.24, 2.45) is 0 Å². The van der Waals surface area contributed by atoms with Crippen molar-refractivity contribution in [1.82, 2.24) is 34.2 Å². The Bertz CT molecular complexity index is 868. The van der Waals surface area contributed by atoms with Gasteiger partial charge < -0.3 is 9.80 Å². The van der Waals surface area contributed by atoms with E-state index >= 15 is 0 Å². The van der Waals surface area contributed by atoms with E-state index in [0.29, 0.717) is 23.9 Å². The van der Waals surface area contributed by atoms with Gasteiger partial charge in [-0.25, -0.2) is 9.50 Å². The molecule has 9 nitrogen and oxygen atoms in total. The van der Waals surface area contributed by atoms with Crippen molar-refractivity contribution in [1.29, 1.82) is 0 Å². The Morgan fingerprint density at radius 3 is 2.59 bits per heavy atom. The van der Waals surface area contributed by atoms with Crippen molar-refractivity contribution in [3.05, 3.63) is 30.2 Å². The number of hydrogen-bond donors (Lipinski definition) is 0. The van der Waals surface area contributed by atoms with Gasteiger partial charge in [-0.05, 0) is 18.9 Å². The second-order valence-electron chi connectivity index (χ2n) is 8.19. The van der Waals surface area contributed by atoms with E-state index in [1.165, 1.54) is 0 Å². The molecule has 5 heterocycles. The zero-order valence-electron chi connectivity index (χ0n) is 16.6. The Kier molecular flexibility index (Phi) is 4.92. The molecule has 0 aliphatic carbocycles. The average molecular weight is 397 g/mol. The number of piperazine rings is 1. The molecule has 2 aromatic rings. The lowest BCUT2D eigenvalue weighted by atomic mass is 10.2. The van der Waals surface area contributed by atoms with Crippen LogP contribution in [0.25, 0.3) is 5.65 Å². The highest BCUT2D eigenvalue weighted by atomic mass is 16.2. The molecule has 2 amide bonds. The largest absolute Gasteiger partial charge is 0.341 e. The van der Waals surface area contributed by atoms with Gasteiger partial charge in [0.05, 0.1) is 6.54 Å². The molecule has 3 fully saturated rings. The molecule has 0 bridgehead atoms. The first kappa shape index (κ1) is 18.5. The standard InChI is InChI=1S/C20H27N7O2/c28-19(25-5-2-6-25)15-23-9-11-24(12-10-23)16-3-8-26(14-16)20(29)17-13-18-21-4-1-7-27(18)22-17/h1,4,7,13,16H,2-3,5-6,8-12,14-15H2. The minimum absolute atomic E-state index is 0.0169. The molecule has 3 aliphatic rings. The molecule has 1 unspecified atom stereocenters. The first-order chi connectivity index (χ1) is 14.2. The number of hydrogen-bond acceptors (Lipinski definition) is 6. The van der Waals surface area contributed by atoms with E-state index in [0.717, 1.165) is 65.2 Å². The van der Waals surface area contributed by atoms with Crippen LogP contribution >= 0.6 is 0 Å². The summed E-state index contributed by atoms with van der Waals surface area (Å²) in [5.41, 5.74) is 1.15. The number of rotatable bonds is 4. The molecule has 0 radical (unpaired) electrons. The average Bonchev–Trinajstić information content (AvgIpc) is 3.34. The van der Waals surface area contributed by atoms with Crippen molar-refractivity contribution in [2.45, 2.75) is 18.9 Å². The van der Waals surface area contributed by atoms with Gasteiger partial charge in [-0.3, -0.25) is 19.4 Å². The van der Waals surface area contributed by atoms with Crippen molar-refractivity contribution in [3.8, 4) is 0 Å². The number of likely N-dealkylation sites (tertiary alicyclic amines) is 2. The van der Waals surface area contributed by atoms with Gasteiger partial charge in [0, 0.05) is 76.9 Å². The Labute approximate surface area is 169 Å². The van der Waals surface area contributed by atoms with Gasteiger partial charge >= 0.3 is 0 Å². The first-order valence-electron chi connectivity index (χ1n) is 10.5. The molecule has 154 valence electrons. The molecule has 0 saturated carbocycles. The molecule has 0 N–H and O–H groups in total. The maximum atomic E-state index is 12.9. The SMILES string of the molecule is O=C(CN1CCN(C2CCN(C(=O)c3cc4ncccn4n3)C2)CC1)N1CCC1. The zero-order chi connectivity index (χ0) is 19.8. The van der Waals surface area contributed by atoms with E-state index in [2.05, 4.69) is 19.9 Å². The molecule has 0 aromatic carbocycles. The Hall–Kier alpha value is -2.52. The predicted molar refractivity (Wildman–Crippen MR) is 107 cm³/mol. The van der Waals surface area contributed by atoms with Crippen LogP contribution < -0.4 is 0 Å². The maximum absolute atomic E-state index is 12.9. The maximum Gasteiger partial charge on any atom is 0.274 e. The van der Waals surface area contributed by atoms with Crippen LogP contribution in [0.4, 0.5) is 0 Å². The van der Waals surface area contributed by atoms with Crippen LogP contribution in [-0.2, 0) is 4.79 Å². The Morgan fingerprint density at radius 1 is 1.03 bits per heavy atom. The highest BCUT2D eigenvalue weighted by Gasteiger charge is 2.34. The fourth-order valence-electron chi connectivity index (χ4n) is 4.46. The molecular formula is C20H27N7O2. The first-order valence-corrected chi connectivity index (χ1v) is 10.5. The summed E-state index contributed by atoms with van der Waals surface area (Å²) in [5.74, 6) is 0.251. The summed E-state index contributed by atoms with van der Waals surface area (Å²) in [5, 5.41) is 4.37. The predicted octanol–water partition coefficient (Wildman–Crippen LogP) is -0.206. The van der Waals surface area contributed by atoms with Gasteiger partial charge in [-0.1, -0.05) is 0 Å². The number of nitrogens with zero attached hydrogens (tertiary/aromatic N) is 7. The van der Waals surface area contributed by atoms with E-state index in [1.54, 1.807) is 29.0 Å². The summed E-state index contributed by atoms with van der Waals surface area (Å²) in [6.45, 7) is 7.65. The summed E-state index contributed by atoms with van der Waals surface area (Å²) >= 11 is 0. The molecule has 9 heteroatoms. The lowest BCUT2D eigenvalue weighted by Crippen LogP contribution is -2.54. The van der Waals surface area contributed by atoms with E-state index in [4.69, 9.17) is 0 Å². The van der Waals surface area contributed by atoms with Crippen LogP contribution in [0.3, 0.4) is 0 Å². The van der Waals surface area contributed by atoms with E-state index in [-0.39, 0.29) is 11.8 Å². The quantitative estimate of drug-likeness (QED) is 0.711. The molecule has 3 saturated heterocycles. The van der Waals surface area contributed by atoms with Crippen LogP contribution in [0.5, 0.6) is 0 Å². The minimum Gasteiger partial charge on any atom is -0.341 e. The second-order valence-corrected chi connectivity index (χ2v) is 8.19. The molecule has 3 aliphatic heterocycles. The van der Waals surface area contributed by atoms with Crippen LogP contribution in [0.2, 0.25) is 0 Å². The van der Waals surface area contributed by atoms with Gasteiger partial charge in [-0.2, -0.15) is 5.10 Å². The lowest BCUT2D eigenvalue weighted by molar-refractivity contribution is -0.136. The number of carbonyl (C=O) groups excluding carboxylic acids is 2. The summed E-state index contributed by atoms with van der Waals surface area (Å²) < 4.78 is 1.64. The normalized spacial score (nSPS) is 23.5. The fourth-order valence-corrected chi connectivity index (χ4v) is 4.46. The lowest BCUT2D eigenvalue weighted by Gasteiger charge is -2.39. The third-order valence-electron chi connectivity index (χ3n) is 6.40. The molecular weight excluding hydrogens is 370 g/mol. The summed E-state index contributed by atoms with van der Waals surface area (Å²) in [6.07, 6.45) is 5.64. The fraction of sp³-hybridized carbons (Fsp3) is 0.600. The summed E-state index contributed by atoms with van der Waals surface area (Å²) in [6, 6.07) is 3.95. The highest BCUT2D eigenvalue weighted by Crippen LogP contribution is 2.20. The molecule has 29 heavy (non-hydrogen) atoms. The van der Waals surface area contributed by atoms with Gasteiger partial charge in [-0.15, -0.1) is 0 Å². The zero-order valence-corrected chi connectivity index (χ0v) is 16.6. The van der Waals surface area contributed by atoms with Gasteiger partial charge in [0.25, 0.3) is 5.91 Å². The van der Waals surface area contributed by atoms with Crippen LogP contribution in [0.1, 0.15) is 23.3 Å². The van der Waals surface area contributed by atoms with Crippen molar-refractivity contribution in [2.75, 3.05) is 58.9 Å². The van der Waals surface area contributed by atoms with E-state index in [9.17, 15) is 9.59 Å². The third-order valence-corrected chi connectivity index (χ3v) is 6.40. The van der Waals surface area contributed by atoms with Crippen molar-refractivity contribution < 1.29 is 9.59 Å². The molecule has 5 rings (SSSR count). The highest BCUT2D eigenvalue weighted by molar-refractivity contribution is 5.93. The summed E-state index contributed by atoms with van der Waals surface area (Å²) in [4.78, 5) is 37.9. The molecule has 1 atom stereocenters. The molecule has 2 aromatic heterocycles. The van der Waals surface area contributed by atoms with E-state index in [1.807, 2.05) is 9.80 Å². The van der Waals surface area contributed by atoms with Gasteiger partial charge in [0.2, 0.25) is 5.91 Å². The van der Waals surface area contributed by atoms with Crippen LogP contribution in [0.15, 0.2) is 24.5 Å². The van der Waals surface area contributed by atoms with E-state index < -0.39 is 0 Å². The number of fused-ring (bicyclic) bond motifs is 1. The summed E-state index contributed by atoms with van der Waals surface area (Å²) in [7, 11) is 0. The number of amides is 2. The number of aromatic nitrogens is 3. The Balaban J connectivity index is 1.13. The smallest absolute Gasteiger partial charge is 0.274 e. The van der Waals surface area contributed by atoms with Gasteiger partial charge in [0.15, 0.2) is 11.3 Å². The monoisotopic (exact) mass is 397 g/mol. The topological polar surface area (TPSA) is 77.3 Å². The van der Waals surface area contributed by atoms with Crippen LogP contribution in [-0.4, -0.2) is 111 Å². The van der Waals surface area contributed by atoms with Gasteiger partial charge in [0.1, 0.15) is 0 Å². The van der Waals surface area contributed by atoms with Crippen molar-refractivity contribution in [3.63, 3.8) is 0 Å². The molecule has 0 spiro atoms. The minimum atomic E-state index is -0.0169. The third kappa shape index (κ3) is 3.72. The number of carbonyl (C=O) groups is 2. The second kappa shape index (κ2) is 7.72.